The van der Waals surface area contributed by atoms with Crippen LogP contribution in [0.15, 0.2) is 48.7 Å². The molecule has 144 valence electrons. The molecule has 4 heterocycles. The Bertz CT molecular complexity index is 972. The van der Waals surface area contributed by atoms with Crippen LogP contribution in [-0.2, 0) is 0 Å². The van der Waals surface area contributed by atoms with Gasteiger partial charge in [0.2, 0.25) is 0 Å². The first kappa shape index (κ1) is 17.4. The Labute approximate surface area is 165 Å². The van der Waals surface area contributed by atoms with Crippen LogP contribution in [0.2, 0.25) is 0 Å². The van der Waals surface area contributed by atoms with Crippen LogP contribution >= 0.6 is 0 Å². The highest BCUT2D eigenvalue weighted by Gasteiger charge is 2.26. The van der Waals surface area contributed by atoms with E-state index in [2.05, 4.69) is 63.1 Å². The molecule has 0 bridgehead atoms. The molecule has 3 aromatic rings. The van der Waals surface area contributed by atoms with Crippen LogP contribution in [0.4, 0.5) is 11.5 Å². The van der Waals surface area contributed by atoms with Crippen LogP contribution in [0.25, 0.3) is 22.2 Å². The van der Waals surface area contributed by atoms with E-state index in [9.17, 15) is 0 Å². The lowest BCUT2D eigenvalue weighted by Crippen LogP contribution is -2.56. The number of anilines is 2. The molecule has 1 aromatic carbocycles. The summed E-state index contributed by atoms with van der Waals surface area (Å²) in [4.78, 5) is 16.6. The maximum atomic E-state index is 6.00. The van der Waals surface area contributed by atoms with Crippen molar-refractivity contribution in [2.45, 2.75) is 6.04 Å². The molecule has 2 N–H and O–H groups in total. The van der Waals surface area contributed by atoms with Crippen LogP contribution in [0, 0.1) is 0 Å². The first-order valence-corrected chi connectivity index (χ1v) is 9.97. The number of nitrogens with two attached hydrogens (primary N) is 1. The molecular weight excluding hydrogens is 348 g/mol. The van der Waals surface area contributed by atoms with Crippen LogP contribution in [0.1, 0.15) is 0 Å². The summed E-state index contributed by atoms with van der Waals surface area (Å²) >= 11 is 0. The number of nitrogens with zero attached hydrogens (tertiary/aromatic N) is 5. The van der Waals surface area contributed by atoms with E-state index in [4.69, 9.17) is 10.7 Å². The van der Waals surface area contributed by atoms with E-state index < -0.39 is 0 Å². The van der Waals surface area contributed by atoms with Gasteiger partial charge in [-0.1, -0.05) is 12.1 Å². The number of likely N-dealkylation sites (N-methyl/N-ethyl adjacent to an activating group) is 1. The van der Waals surface area contributed by atoms with Gasteiger partial charge in [-0.2, -0.15) is 0 Å². The van der Waals surface area contributed by atoms with Gasteiger partial charge in [-0.15, -0.1) is 0 Å². The van der Waals surface area contributed by atoms with Gasteiger partial charge in [0, 0.05) is 68.1 Å². The van der Waals surface area contributed by atoms with E-state index in [1.165, 1.54) is 5.69 Å². The van der Waals surface area contributed by atoms with Crippen molar-refractivity contribution >= 4 is 22.4 Å². The highest BCUT2D eigenvalue weighted by molar-refractivity contribution is 5.92. The molecule has 0 aliphatic carbocycles. The van der Waals surface area contributed by atoms with Gasteiger partial charge in [0.05, 0.1) is 11.2 Å². The Balaban J connectivity index is 1.47. The third-order valence-electron chi connectivity index (χ3n) is 5.82. The summed E-state index contributed by atoms with van der Waals surface area (Å²) in [5.74, 6) is 0.991. The largest absolute Gasteiger partial charge is 0.369 e. The second-order valence-electron chi connectivity index (χ2n) is 7.90. The van der Waals surface area contributed by atoms with E-state index in [-0.39, 0.29) is 6.04 Å². The second kappa shape index (κ2) is 7.04. The minimum atomic E-state index is 0.236. The van der Waals surface area contributed by atoms with Crippen molar-refractivity contribution in [3.05, 3.63) is 48.7 Å². The van der Waals surface area contributed by atoms with E-state index >= 15 is 0 Å². The first-order chi connectivity index (χ1) is 13.7. The standard InChI is InChI=1S/C22H26N6/c1-26-9-11-27(12-10-26)18-6-4-16(5-7-18)20-13-21-19(3-2-8-24-21)22(25-20)28-14-17(23)15-28/h2-8,13,17H,9-12,14-15,23H2,1H3. The van der Waals surface area contributed by atoms with Gasteiger partial charge in [-0.05, 0) is 37.4 Å². The van der Waals surface area contributed by atoms with Crippen molar-refractivity contribution in [3.63, 3.8) is 0 Å². The zero-order valence-corrected chi connectivity index (χ0v) is 16.3. The molecule has 0 spiro atoms. The van der Waals surface area contributed by atoms with E-state index in [0.717, 1.165) is 67.2 Å². The van der Waals surface area contributed by atoms with E-state index in [1.807, 2.05) is 12.3 Å². The Kier molecular flexibility index (Phi) is 4.37. The van der Waals surface area contributed by atoms with Gasteiger partial charge in [0.1, 0.15) is 5.82 Å². The molecule has 28 heavy (non-hydrogen) atoms. The molecule has 5 rings (SSSR count). The number of pyridine rings is 2. The lowest BCUT2D eigenvalue weighted by atomic mass is 10.1. The summed E-state index contributed by atoms with van der Waals surface area (Å²) in [7, 11) is 2.18. The molecule has 2 aliphatic heterocycles. The van der Waals surface area contributed by atoms with Crippen molar-refractivity contribution in [2.24, 2.45) is 5.73 Å². The minimum absolute atomic E-state index is 0.236. The van der Waals surface area contributed by atoms with Crippen molar-refractivity contribution in [3.8, 4) is 11.3 Å². The topological polar surface area (TPSA) is 61.5 Å². The van der Waals surface area contributed by atoms with Crippen molar-refractivity contribution < 1.29 is 0 Å². The van der Waals surface area contributed by atoms with Crippen LogP contribution in [0.5, 0.6) is 0 Å². The number of hydrogen-bond donors (Lipinski definition) is 1. The first-order valence-electron chi connectivity index (χ1n) is 9.97. The van der Waals surface area contributed by atoms with Crippen molar-refractivity contribution in [2.75, 3.05) is 56.1 Å². The molecular formula is C22H26N6. The fraction of sp³-hybridized carbons (Fsp3) is 0.364. The maximum Gasteiger partial charge on any atom is 0.138 e. The van der Waals surface area contributed by atoms with Crippen molar-refractivity contribution in [1.82, 2.24) is 14.9 Å². The number of fused-ring (bicyclic) bond motifs is 1. The fourth-order valence-electron chi connectivity index (χ4n) is 4.04. The monoisotopic (exact) mass is 374 g/mol. The summed E-state index contributed by atoms with van der Waals surface area (Å²) in [6.07, 6.45) is 1.84. The zero-order chi connectivity index (χ0) is 19.1. The number of hydrogen-bond acceptors (Lipinski definition) is 6. The van der Waals surface area contributed by atoms with Gasteiger partial charge in [-0.3, -0.25) is 4.98 Å². The predicted molar refractivity (Wildman–Crippen MR) is 115 cm³/mol. The zero-order valence-electron chi connectivity index (χ0n) is 16.3. The van der Waals surface area contributed by atoms with E-state index in [1.54, 1.807) is 0 Å². The molecule has 6 nitrogen and oxygen atoms in total. The summed E-state index contributed by atoms with van der Waals surface area (Å²) in [6.45, 7) is 6.08. The predicted octanol–water partition coefficient (Wildman–Crippen LogP) is 2.20. The summed E-state index contributed by atoms with van der Waals surface area (Å²) in [6, 6.07) is 15.2. The number of rotatable bonds is 3. The summed E-state index contributed by atoms with van der Waals surface area (Å²) < 4.78 is 0. The van der Waals surface area contributed by atoms with Gasteiger partial charge in [-0.25, -0.2) is 4.98 Å². The average molecular weight is 374 g/mol. The molecule has 6 heteroatoms. The molecule has 2 aliphatic rings. The molecule has 0 saturated carbocycles. The lowest BCUT2D eigenvalue weighted by Gasteiger charge is -2.38. The Morgan fingerprint density at radius 2 is 1.71 bits per heavy atom. The maximum absolute atomic E-state index is 6.00. The number of piperazine rings is 1. The van der Waals surface area contributed by atoms with Crippen LogP contribution < -0.4 is 15.5 Å². The van der Waals surface area contributed by atoms with Gasteiger partial charge in [0.15, 0.2) is 0 Å². The van der Waals surface area contributed by atoms with Crippen molar-refractivity contribution in [1.29, 1.82) is 0 Å². The fourth-order valence-corrected chi connectivity index (χ4v) is 4.04. The number of aromatic nitrogens is 2. The van der Waals surface area contributed by atoms with Gasteiger partial charge >= 0.3 is 0 Å². The normalized spacial score (nSPS) is 18.5. The SMILES string of the molecule is CN1CCN(c2ccc(-c3cc4ncccc4c(N4CC(N)C4)n3)cc2)CC1. The molecule has 2 fully saturated rings. The lowest BCUT2D eigenvalue weighted by molar-refractivity contribution is 0.313. The third kappa shape index (κ3) is 3.19. The van der Waals surface area contributed by atoms with Gasteiger partial charge in [0.25, 0.3) is 0 Å². The molecule has 2 aromatic heterocycles. The summed E-state index contributed by atoms with van der Waals surface area (Å²) in [5, 5.41) is 1.09. The second-order valence-corrected chi connectivity index (χ2v) is 7.90. The molecule has 0 unspecified atom stereocenters. The molecule has 0 atom stereocenters. The van der Waals surface area contributed by atoms with Crippen LogP contribution in [-0.4, -0.2) is 67.2 Å². The smallest absolute Gasteiger partial charge is 0.138 e. The third-order valence-corrected chi connectivity index (χ3v) is 5.82. The highest BCUT2D eigenvalue weighted by Crippen LogP contribution is 2.31. The Hall–Kier alpha value is -2.70. The molecule has 0 amide bonds. The molecule has 0 radical (unpaired) electrons. The highest BCUT2D eigenvalue weighted by atomic mass is 15.3. The van der Waals surface area contributed by atoms with E-state index in [0.29, 0.717) is 0 Å². The Morgan fingerprint density at radius 3 is 2.43 bits per heavy atom. The minimum Gasteiger partial charge on any atom is -0.369 e. The Morgan fingerprint density at radius 1 is 0.964 bits per heavy atom. The number of benzene rings is 1. The quantitative estimate of drug-likeness (QED) is 0.758. The summed E-state index contributed by atoms with van der Waals surface area (Å²) in [5.41, 5.74) is 10.3. The average Bonchev–Trinajstić information content (AvgIpc) is 2.71. The van der Waals surface area contributed by atoms with Crippen LogP contribution in [0.3, 0.4) is 0 Å². The van der Waals surface area contributed by atoms with Gasteiger partial charge < -0.3 is 20.4 Å². The molecule has 2 saturated heterocycles.